The molecule has 0 spiro atoms. The number of rotatable bonds is 5. The van der Waals surface area contributed by atoms with E-state index in [9.17, 15) is 9.59 Å². The van der Waals surface area contributed by atoms with Gasteiger partial charge in [-0.1, -0.05) is 25.8 Å². The minimum atomic E-state index is -0.538. The fraction of sp³-hybridized carbons (Fsp3) is 0.600. The van der Waals surface area contributed by atoms with Crippen molar-refractivity contribution in [3.63, 3.8) is 0 Å². The molecule has 0 rings (SSSR count). The van der Waals surface area contributed by atoms with Gasteiger partial charge in [0.25, 0.3) is 0 Å². The van der Waals surface area contributed by atoms with Gasteiger partial charge in [-0.25, -0.2) is 4.79 Å². The van der Waals surface area contributed by atoms with Crippen molar-refractivity contribution in [2.75, 3.05) is 7.11 Å². The van der Waals surface area contributed by atoms with E-state index in [2.05, 4.69) is 11.7 Å². The molecule has 0 saturated heterocycles. The second kappa shape index (κ2) is 6.40. The Balaban J connectivity index is 4.32. The van der Waals surface area contributed by atoms with E-state index in [1.807, 2.05) is 0 Å². The van der Waals surface area contributed by atoms with Gasteiger partial charge in [-0.2, -0.15) is 0 Å². The molecule has 0 amide bonds. The van der Waals surface area contributed by atoms with Crippen molar-refractivity contribution >= 4 is 11.8 Å². The molecule has 0 aliphatic carbocycles. The molecule has 0 aromatic carbocycles. The van der Waals surface area contributed by atoms with Crippen LogP contribution in [0, 0.1) is 0 Å². The lowest BCUT2D eigenvalue weighted by atomic mass is 10.1. The Hall–Kier alpha value is -1.12. The average molecular weight is 184 g/mol. The van der Waals surface area contributed by atoms with Crippen LogP contribution in [0.4, 0.5) is 0 Å². The summed E-state index contributed by atoms with van der Waals surface area (Å²) in [6.45, 7) is 3.42. The Labute approximate surface area is 78.8 Å². The zero-order valence-electron chi connectivity index (χ0n) is 8.42. The third kappa shape index (κ3) is 4.45. The zero-order valence-corrected chi connectivity index (χ0v) is 8.42. The number of hydrogen-bond acceptors (Lipinski definition) is 3. The number of Topliss-reactive ketones (excluding diaryl/α,β-unsaturated/α-hetero) is 1. The van der Waals surface area contributed by atoms with E-state index in [0.717, 1.165) is 19.3 Å². The highest BCUT2D eigenvalue weighted by Crippen LogP contribution is 2.04. The Morgan fingerprint density at radius 2 is 2.00 bits per heavy atom. The van der Waals surface area contributed by atoms with Gasteiger partial charge in [0.2, 0.25) is 0 Å². The molecule has 0 aliphatic heterocycles. The molecule has 0 unspecified atom stereocenters. The molecule has 0 atom stereocenters. The van der Waals surface area contributed by atoms with Crippen LogP contribution in [0.25, 0.3) is 0 Å². The number of methoxy groups -OCH3 is 1. The highest BCUT2D eigenvalue weighted by atomic mass is 16.5. The molecule has 0 saturated carbocycles. The molecule has 0 N–H and O–H groups in total. The van der Waals surface area contributed by atoms with Gasteiger partial charge in [-0.15, -0.1) is 0 Å². The predicted octanol–water partition coefficient (Wildman–Crippen LogP) is 1.86. The van der Waals surface area contributed by atoms with Crippen molar-refractivity contribution in [2.45, 2.75) is 33.1 Å². The molecule has 3 heteroatoms. The van der Waals surface area contributed by atoms with Crippen LogP contribution in [0.3, 0.4) is 0 Å². The normalized spacial score (nSPS) is 11.2. The molecule has 0 bridgehead atoms. The molecule has 0 heterocycles. The Kier molecular flexibility index (Phi) is 5.85. The lowest BCUT2D eigenvalue weighted by Crippen LogP contribution is -2.11. The van der Waals surface area contributed by atoms with Gasteiger partial charge < -0.3 is 4.74 Å². The Bertz CT molecular complexity index is 216. The van der Waals surface area contributed by atoms with Crippen molar-refractivity contribution in [3.8, 4) is 0 Å². The molecule has 0 radical (unpaired) electrons. The van der Waals surface area contributed by atoms with Crippen molar-refractivity contribution in [2.24, 2.45) is 0 Å². The highest BCUT2D eigenvalue weighted by Gasteiger charge is 2.13. The molecule has 0 aromatic heterocycles. The second-order valence-corrected chi connectivity index (χ2v) is 2.81. The smallest absolute Gasteiger partial charge is 0.341 e. The summed E-state index contributed by atoms with van der Waals surface area (Å²) in [5.41, 5.74) is 0.163. The zero-order chi connectivity index (χ0) is 10.3. The average Bonchev–Trinajstić information content (AvgIpc) is 2.11. The van der Waals surface area contributed by atoms with E-state index in [4.69, 9.17) is 0 Å². The fourth-order valence-electron chi connectivity index (χ4n) is 0.931. The van der Waals surface area contributed by atoms with Crippen molar-refractivity contribution < 1.29 is 14.3 Å². The maximum atomic E-state index is 11.0. The molecule has 0 aliphatic rings. The van der Waals surface area contributed by atoms with Crippen LogP contribution in [0.2, 0.25) is 0 Å². The van der Waals surface area contributed by atoms with Gasteiger partial charge in [0.15, 0.2) is 5.78 Å². The SMILES string of the molecule is CCCC/C=C(\C(C)=O)C(=O)OC. The minimum Gasteiger partial charge on any atom is -0.465 e. The van der Waals surface area contributed by atoms with Crippen LogP contribution in [0.15, 0.2) is 11.6 Å². The lowest BCUT2D eigenvalue weighted by Gasteiger charge is -2.00. The topological polar surface area (TPSA) is 43.4 Å². The van der Waals surface area contributed by atoms with Crippen molar-refractivity contribution in [1.29, 1.82) is 0 Å². The first-order valence-corrected chi connectivity index (χ1v) is 4.42. The van der Waals surface area contributed by atoms with E-state index >= 15 is 0 Å². The summed E-state index contributed by atoms with van der Waals surface area (Å²) in [5.74, 6) is -0.772. The van der Waals surface area contributed by atoms with E-state index in [1.54, 1.807) is 6.08 Å². The molecular weight excluding hydrogens is 168 g/mol. The summed E-state index contributed by atoms with van der Waals surface area (Å²) in [4.78, 5) is 22.0. The first-order valence-electron chi connectivity index (χ1n) is 4.42. The van der Waals surface area contributed by atoms with Gasteiger partial charge in [-0.05, 0) is 13.3 Å². The summed E-state index contributed by atoms with van der Waals surface area (Å²) in [6, 6.07) is 0. The van der Waals surface area contributed by atoms with Crippen LogP contribution < -0.4 is 0 Å². The molecular formula is C10H16O3. The summed E-state index contributed by atoms with van der Waals surface area (Å²) in [7, 11) is 1.28. The van der Waals surface area contributed by atoms with Crippen LogP contribution in [0.5, 0.6) is 0 Å². The lowest BCUT2D eigenvalue weighted by molar-refractivity contribution is -0.137. The third-order valence-corrected chi connectivity index (χ3v) is 1.69. The van der Waals surface area contributed by atoms with Gasteiger partial charge in [0, 0.05) is 0 Å². The predicted molar refractivity (Wildman–Crippen MR) is 50.3 cm³/mol. The number of hydrogen-bond donors (Lipinski definition) is 0. The van der Waals surface area contributed by atoms with E-state index < -0.39 is 5.97 Å². The number of carbonyl (C=O) groups is 2. The van der Waals surface area contributed by atoms with Crippen molar-refractivity contribution in [3.05, 3.63) is 11.6 Å². The van der Waals surface area contributed by atoms with Gasteiger partial charge in [0.05, 0.1) is 12.7 Å². The molecule has 0 fully saturated rings. The summed E-state index contributed by atoms with van der Waals surface area (Å²) >= 11 is 0. The van der Waals surface area contributed by atoms with E-state index in [1.165, 1.54) is 14.0 Å². The Morgan fingerprint density at radius 3 is 2.38 bits per heavy atom. The first kappa shape index (κ1) is 11.9. The minimum absolute atomic E-state index is 0.163. The number of carbonyl (C=O) groups excluding carboxylic acids is 2. The number of ether oxygens (including phenoxy) is 1. The number of ketones is 1. The van der Waals surface area contributed by atoms with Crippen LogP contribution in [-0.2, 0) is 14.3 Å². The molecule has 13 heavy (non-hydrogen) atoms. The first-order chi connectivity index (χ1) is 6.13. The maximum absolute atomic E-state index is 11.0. The summed E-state index contributed by atoms with van der Waals surface area (Å²) in [6.07, 6.45) is 4.43. The Morgan fingerprint density at radius 1 is 1.38 bits per heavy atom. The molecule has 74 valence electrons. The highest BCUT2D eigenvalue weighted by molar-refractivity contribution is 6.16. The number of esters is 1. The van der Waals surface area contributed by atoms with Gasteiger partial charge in [0.1, 0.15) is 0 Å². The quantitative estimate of drug-likeness (QED) is 0.215. The number of allylic oxidation sites excluding steroid dienone is 1. The summed E-state index contributed by atoms with van der Waals surface area (Å²) in [5, 5.41) is 0. The monoisotopic (exact) mass is 184 g/mol. The van der Waals surface area contributed by atoms with Gasteiger partial charge in [-0.3, -0.25) is 4.79 Å². The largest absolute Gasteiger partial charge is 0.465 e. The number of unbranched alkanes of at least 4 members (excludes halogenated alkanes) is 2. The maximum Gasteiger partial charge on any atom is 0.341 e. The second-order valence-electron chi connectivity index (χ2n) is 2.81. The van der Waals surface area contributed by atoms with Crippen LogP contribution in [0.1, 0.15) is 33.1 Å². The summed E-state index contributed by atoms with van der Waals surface area (Å²) < 4.78 is 4.48. The van der Waals surface area contributed by atoms with Crippen LogP contribution >= 0.6 is 0 Å². The fourth-order valence-corrected chi connectivity index (χ4v) is 0.931. The molecule has 0 aromatic rings. The van der Waals surface area contributed by atoms with E-state index in [0.29, 0.717) is 0 Å². The van der Waals surface area contributed by atoms with Crippen molar-refractivity contribution in [1.82, 2.24) is 0 Å². The van der Waals surface area contributed by atoms with E-state index in [-0.39, 0.29) is 11.4 Å². The van der Waals surface area contributed by atoms with Gasteiger partial charge >= 0.3 is 5.97 Å². The third-order valence-electron chi connectivity index (χ3n) is 1.69. The molecule has 3 nitrogen and oxygen atoms in total. The standard InChI is InChI=1S/C10H16O3/c1-4-5-6-7-9(8(2)11)10(12)13-3/h7H,4-6H2,1-3H3/b9-7+. The van der Waals surface area contributed by atoms with Crippen LogP contribution in [-0.4, -0.2) is 18.9 Å².